The number of ether oxygens (including phenoxy) is 1. The number of methoxy groups -OCH3 is 1. The Hall–Kier alpha value is -2.71. The van der Waals surface area contributed by atoms with Crippen LogP contribution in [-0.2, 0) is 4.79 Å². The van der Waals surface area contributed by atoms with Crippen LogP contribution < -0.4 is 10.1 Å². The van der Waals surface area contributed by atoms with Crippen molar-refractivity contribution < 1.29 is 13.9 Å². The third-order valence-corrected chi connectivity index (χ3v) is 4.82. The van der Waals surface area contributed by atoms with Gasteiger partial charge in [-0.05, 0) is 49.7 Å². The van der Waals surface area contributed by atoms with Gasteiger partial charge in [0.15, 0.2) is 0 Å². The number of carbonyl (C=O) groups is 1. The second kappa shape index (κ2) is 8.11. The van der Waals surface area contributed by atoms with Crippen molar-refractivity contribution in [2.45, 2.75) is 13.0 Å². The van der Waals surface area contributed by atoms with E-state index in [4.69, 9.17) is 9.15 Å². The van der Waals surface area contributed by atoms with Crippen LogP contribution in [0.2, 0.25) is 0 Å². The second-order valence-electron chi connectivity index (χ2n) is 5.79. The van der Waals surface area contributed by atoms with Gasteiger partial charge in [-0.25, -0.2) is 0 Å². The van der Waals surface area contributed by atoms with Crippen LogP contribution in [0.4, 0.5) is 5.69 Å². The molecule has 0 unspecified atom stereocenters. The highest BCUT2D eigenvalue weighted by Crippen LogP contribution is 2.26. The molecule has 1 atom stereocenters. The molecule has 0 fully saturated rings. The van der Waals surface area contributed by atoms with E-state index < -0.39 is 0 Å². The summed E-state index contributed by atoms with van der Waals surface area (Å²) < 4.78 is 10.8. The first-order valence-corrected chi connectivity index (χ1v) is 8.96. The van der Waals surface area contributed by atoms with Crippen molar-refractivity contribution in [3.05, 3.63) is 47.7 Å². The maximum atomic E-state index is 12.3. The Kier molecular flexibility index (Phi) is 5.65. The molecule has 0 radical (unpaired) electrons. The van der Waals surface area contributed by atoms with Crippen LogP contribution in [0.3, 0.4) is 0 Å². The largest absolute Gasteiger partial charge is 0.497 e. The zero-order valence-corrected chi connectivity index (χ0v) is 15.6. The SMILES string of the molecule is COc1ccc(NC(=O)CN(C)[C@H](C)c2nnc(-c3cccs3)o2)cc1. The number of likely N-dealkylation sites (N-methyl/N-ethyl adjacent to an activating group) is 1. The average molecular weight is 372 g/mol. The number of hydrogen-bond acceptors (Lipinski definition) is 7. The molecule has 1 N–H and O–H groups in total. The van der Waals surface area contributed by atoms with Crippen LogP contribution in [-0.4, -0.2) is 41.7 Å². The minimum Gasteiger partial charge on any atom is -0.497 e. The average Bonchev–Trinajstić information content (AvgIpc) is 3.33. The molecule has 1 aromatic carbocycles. The van der Waals surface area contributed by atoms with Crippen molar-refractivity contribution in [1.29, 1.82) is 0 Å². The predicted molar refractivity (Wildman–Crippen MR) is 100 cm³/mol. The zero-order chi connectivity index (χ0) is 18.5. The van der Waals surface area contributed by atoms with Crippen molar-refractivity contribution in [2.75, 3.05) is 26.0 Å². The van der Waals surface area contributed by atoms with Gasteiger partial charge in [0.25, 0.3) is 5.89 Å². The van der Waals surface area contributed by atoms with Crippen LogP contribution in [0, 0.1) is 0 Å². The lowest BCUT2D eigenvalue weighted by molar-refractivity contribution is -0.117. The van der Waals surface area contributed by atoms with Gasteiger partial charge < -0.3 is 14.5 Å². The molecule has 0 bridgehead atoms. The minimum atomic E-state index is -0.183. The fourth-order valence-corrected chi connectivity index (χ4v) is 2.97. The number of nitrogens with zero attached hydrogens (tertiary/aromatic N) is 3. The monoisotopic (exact) mass is 372 g/mol. The molecule has 8 heteroatoms. The van der Waals surface area contributed by atoms with E-state index in [0.29, 0.717) is 11.8 Å². The van der Waals surface area contributed by atoms with Gasteiger partial charge in [-0.1, -0.05) is 6.07 Å². The fourth-order valence-electron chi connectivity index (χ4n) is 2.33. The highest BCUT2D eigenvalue weighted by molar-refractivity contribution is 7.13. The molecule has 2 aromatic heterocycles. The van der Waals surface area contributed by atoms with Crippen molar-refractivity contribution in [2.24, 2.45) is 0 Å². The van der Waals surface area contributed by atoms with Crippen molar-refractivity contribution in [3.63, 3.8) is 0 Å². The lowest BCUT2D eigenvalue weighted by Gasteiger charge is -2.21. The number of nitrogens with one attached hydrogen (secondary N) is 1. The number of anilines is 1. The third-order valence-electron chi connectivity index (χ3n) is 3.96. The summed E-state index contributed by atoms with van der Waals surface area (Å²) in [5.74, 6) is 1.60. The quantitative estimate of drug-likeness (QED) is 0.684. The molecule has 136 valence electrons. The van der Waals surface area contributed by atoms with E-state index in [1.54, 1.807) is 42.7 Å². The second-order valence-corrected chi connectivity index (χ2v) is 6.74. The Morgan fingerprint density at radius 3 is 2.73 bits per heavy atom. The zero-order valence-electron chi connectivity index (χ0n) is 14.8. The molecule has 0 aliphatic rings. The first kappa shape index (κ1) is 18.1. The van der Waals surface area contributed by atoms with Crippen LogP contribution in [0.25, 0.3) is 10.8 Å². The summed E-state index contributed by atoms with van der Waals surface area (Å²) in [6, 6.07) is 10.9. The highest BCUT2D eigenvalue weighted by Gasteiger charge is 2.21. The summed E-state index contributed by atoms with van der Waals surface area (Å²) in [6.07, 6.45) is 0. The van der Waals surface area contributed by atoms with Gasteiger partial charge in [-0.2, -0.15) is 0 Å². The topological polar surface area (TPSA) is 80.5 Å². The van der Waals surface area contributed by atoms with Crippen LogP contribution >= 0.6 is 11.3 Å². The van der Waals surface area contributed by atoms with E-state index in [0.717, 1.165) is 16.3 Å². The standard InChI is InChI=1S/C18H20N4O3S/c1-12(17-20-21-18(25-17)15-5-4-10-26-15)22(2)11-16(23)19-13-6-8-14(24-3)9-7-13/h4-10,12H,11H2,1-3H3,(H,19,23)/t12-/m1/s1. The molecular weight excluding hydrogens is 352 g/mol. The van der Waals surface area contributed by atoms with Crippen molar-refractivity contribution in [3.8, 4) is 16.5 Å². The molecule has 1 amide bonds. The fraction of sp³-hybridized carbons (Fsp3) is 0.278. The van der Waals surface area contributed by atoms with E-state index in [1.165, 1.54) is 0 Å². The molecule has 0 saturated carbocycles. The lowest BCUT2D eigenvalue weighted by atomic mass is 10.2. The number of rotatable bonds is 7. The van der Waals surface area contributed by atoms with Crippen LogP contribution in [0.5, 0.6) is 5.75 Å². The molecule has 0 saturated heterocycles. The van der Waals surface area contributed by atoms with E-state index >= 15 is 0 Å². The molecule has 0 spiro atoms. The molecular formula is C18H20N4O3S. The first-order chi connectivity index (χ1) is 12.6. The molecule has 0 aliphatic carbocycles. The van der Waals surface area contributed by atoms with Crippen LogP contribution in [0.15, 0.2) is 46.2 Å². The van der Waals surface area contributed by atoms with Crippen LogP contribution in [0.1, 0.15) is 18.9 Å². The number of thiophene rings is 1. The van der Waals surface area contributed by atoms with E-state index in [9.17, 15) is 4.79 Å². The van der Waals surface area contributed by atoms with Crippen molar-refractivity contribution >= 4 is 22.9 Å². The lowest BCUT2D eigenvalue weighted by Crippen LogP contribution is -2.32. The minimum absolute atomic E-state index is 0.123. The van der Waals surface area contributed by atoms with E-state index in [2.05, 4.69) is 15.5 Å². The van der Waals surface area contributed by atoms with Gasteiger partial charge >= 0.3 is 0 Å². The Balaban J connectivity index is 1.58. The van der Waals surface area contributed by atoms with Crippen molar-refractivity contribution in [1.82, 2.24) is 15.1 Å². The number of aromatic nitrogens is 2. The summed E-state index contributed by atoms with van der Waals surface area (Å²) in [5.41, 5.74) is 0.717. The Morgan fingerprint density at radius 1 is 1.31 bits per heavy atom. The molecule has 3 rings (SSSR count). The summed E-state index contributed by atoms with van der Waals surface area (Å²) in [7, 11) is 3.44. The third kappa shape index (κ3) is 4.27. The number of amides is 1. The summed E-state index contributed by atoms with van der Waals surface area (Å²) >= 11 is 1.54. The summed E-state index contributed by atoms with van der Waals surface area (Å²) in [5, 5.41) is 13.0. The Morgan fingerprint density at radius 2 is 2.08 bits per heavy atom. The Bertz CT molecular complexity index is 846. The molecule has 26 heavy (non-hydrogen) atoms. The van der Waals surface area contributed by atoms with Gasteiger partial charge in [-0.15, -0.1) is 21.5 Å². The van der Waals surface area contributed by atoms with Gasteiger partial charge in [0, 0.05) is 5.69 Å². The molecule has 0 aliphatic heterocycles. The maximum Gasteiger partial charge on any atom is 0.257 e. The van der Waals surface area contributed by atoms with Gasteiger partial charge in [-0.3, -0.25) is 9.69 Å². The molecule has 3 aromatic rings. The maximum absolute atomic E-state index is 12.3. The summed E-state index contributed by atoms with van der Waals surface area (Å²) in [6.45, 7) is 2.12. The normalized spacial score (nSPS) is 12.2. The summed E-state index contributed by atoms with van der Waals surface area (Å²) in [4.78, 5) is 15.0. The number of hydrogen-bond donors (Lipinski definition) is 1. The molecule has 7 nitrogen and oxygen atoms in total. The van der Waals surface area contributed by atoms with Gasteiger partial charge in [0.05, 0.1) is 24.6 Å². The van der Waals surface area contributed by atoms with Gasteiger partial charge in [0.1, 0.15) is 5.75 Å². The molecule has 2 heterocycles. The first-order valence-electron chi connectivity index (χ1n) is 8.08. The predicted octanol–water partition coefficient (Wildman–Crippen LogP) is 3.44. The number of benzene rings is 1. The van der Waals surface area contributed by atoms with E-state index in [1.807, 2.05) is 36.4 Å². The highest BCUT2D eigenvalue weighted by atomic mass is 32.1. The smallest absolute Gasteiger partial charge is 0.257 e. The van der Waals surface area contributed by atoms with Gasteiger partial charge in [0.2, 0.25) is 11.8 Å². The number of carbonyl (C=O) groups excluding carboxylic acids is 1. The Labute approximate surface area is 155 Å². The van der Waals surface area contributed by atoms with E-state index in [-0.39, 0.29) is 18.5 Å².